The van der Waals surface area contributed by atoms with Crippen molar-refractivity contribution in [2.45, 2.75) is 19.3 Å². The molecule has 0 spiro atoms. The van der Waals surface area contributed by atoms with Crippen LogP contribution in [0.15, 0.2) is 22.4 Å². The number of amides is 2. The highest BCUT2D eigenvalue weighted by Crippen LogP contribution is 2.33. The van der Waals surface area contributed by atoms with Gasteiger partial charge in [-0.1, -0.05) is 30.0 Å². The molecule has 0 aromatic carbocycles. The number of carbonyl (C=O) groups is 2. The van der Waals surface area contributed by atoms with Gasteiger partial charge in [0.1, 0.15) is 4.32 Å². The Morgan fingerprint density at radius 2 is 2.11 bits per heavy atom. The molecule has 0 saturated carbocycles. The van der Waals surface area contributed by atoms with Crippen LogP contribution in [-0.4, -0.2) is 71.9 Å². The van der Waals surface area contributed by atoms with Crippen molar-refractivity contribution in [3.63, 3.8) is 0 Å². The third-order valence-corrected chi connectivity index (χ3v) is 6.75. The minimum Gasteiger partial charge on any atom is -0.379 e. The van der Waals surface area contributed by atoms with Crippen LogP contribution in [-0.2, 0) is 14.3 Å². The molecular formula is C19H25N3O3S3. The highest BCUT2D eigenvalue weighted by atomic mass is 32.2. The van der Waals surface area contributed by atoms with E-state index < -0.39 is 0 Å². The summed E-state index contributed by atoms with van der Waals surface area (Å²) in [4.78, 5) is 30.2. The molecule has 2 aliphatic heterocycles. The third-order valence-electron chi connectivity index (χ3n) is 4.55. The molecule has 1 aromatic heterocycles. The van der Waals surface area contributed by atoms with Crippen LogP contribution in [0.2, 0.25) is 0 Å². The van der Waals surface area contributed by atoms with E-state index in [4.69, 9.17) is 17.0 Å². The van der Waals surface area contributed by atoms with Crippen LogP contribution in [0, 0.1) is 0 Å². The summed E-state index contributed by atoms with van der Waals surface area (Å²) in [6.45, 7) is 5.68. The topological polar surface area (TPSA) is 61.9 Å². The van der Waals surface area contributed by atoms with Crippen LogP contribution in [0.1, 0.15) is 24.1 Å². The molecule has 2 fully saturated rings. The van der Waals surface area contributed by atoms with E-state index in [-0.39, 0.29) is 11.8 Å². The molecule has 0 unspecified atom stereocenters. The fourth-order valence-electron chi connectivity index (χ4n) is 3.04. The molecule has 2 aliphatic rings. The van der Waals surface area contributed by atoms with E-state index in [0.29, 0.717) is 35.2 Å². The van der Waals surface area contributed by atoms with Crippen molar-refractivity contribution in [3.8, 4) is 0 Å². The predicted molar refractivity (Wildman–Crippen MR) is 118 cm³/mol. The van der Waals surface area contributed by atoms with Gasteiger partial charge in [0.05, 0.1) is 18.1 Å². The van der Waals surface area contributed by atoms with Gasteiger partial charge in [0.15, 0.2) is 0 Å². The molecule has 3 heterocycles. The van der Waals surface area contributed by atoms with Gasteiger partial charge in [-0.2, -0.15) is 0 Å². The van der Waals surface area contributed by atoms with Crippen molar-refractivity contribution in [1.82, 2.24) is 15.1 Å². The number of nitrogens with zero attached hydrogens (tertiary/aromatic N) is 2. The Balaban J connectivity index is 1.32. The van der Waals surface area contributed by atoms with Gasteiger partial charge < -0.3 is 10.1 Å². The Labute approximate surface area is 179 Å². The summed E-state index contributed by atoms with van der Waals surface area (Å²) in [5.74, 6) is -0.0316. The minimum atomic E-state index is -0.0608. The van der Waals surface area contributed by atoms with Crippen LogP contribution in [0.3, 0.4) is 0 Å². The summed E-state index contributed by atoms with van der Waals surface area (Å²) in [7, 11) is 0. The van der Waals surface area contributed by atoms with E-state index >= 15 is 0 Å². The smallest absolute Gasteiger partial charge is 0.266 e. The van der Waals surface area contributed by atoms with Gasteiger partial charge >= 0.3 is 0 Å². The zero-order valence-corrected chi connectivity index (χ0v) is 18.2. The van der Waals surface area contributed by atoms with Crippen molar-refractivity contribution in [1.29, 1.82) is 0 Å². The SMILES string of the molecule is O=C(CCCN1C(=O)/C(=C\c2cccs2)SC1=S)NCCCN1CCOCC1. The summed E-state index contributed by atoms with van der Waals surface area (Å²) in [5.41, 5.74) is 0. The third kappa shape index (κ3) is 6.38. The number of ether oxygens (including phenoxy) is 1. The average Bonchev–Trinajstić information content (AvgIpc) is 3.30. The maximum Gasteiger partial charge on any atom is 0.266 e. The first-order valence-corrected chi connectivity index (χ1v) is 11.6. The Morgan fingerprint density at radius 1 is 1.29 bits per heavy atom. The number of nitrogens with one attached hydrogen (secondary N) is 1. The van der Waals surface area contributed by atoms with Crippen LogP contribution >= 0.6 is 35.3 Å². The molecule has 2 saturated heterocycles. The number of morpholine rings is 1. The number of hydrogen-bond donors (Lipinski definition) is 1. The van der Waals surface area contributed by atoms with E-state index in [1.165, 1.54) is 11.8 Å². The second kappa shape index (κ2) is 11.1. The van der Waals surface area contributed by atoms with Gasteiger partial charge in [-0.05, 0) is 36.9 Å². The minimum absolute atomic E-state index is 0.0292. The zero-order chi connectivity index (χ0) is 19.8. The molecule has 28 heavy (non-hydrogen) atoms. The van der Waals surface area contributed by atoms with Gasteiger partial charge in [-0.15, -0.1) is 11.3 Å². The molecule has 0 atom stereocenters. The summed E-state index contributed by atoms with van der Waals surface area (Å²) in [5, 5.41) is 4.94. The lowest BCUT2D eigenvalue weighted by molar-refractivity contribution is -0.124. The first-order valence-electron chi connectivity index (χ1n) is 9.49. The molecular weight excluding hydrogens is 414 g/mol. The zero-order valence-electron chi connectivity index (χ0n) is 15.7. The van der Waals surface area contributed by atoms with Gasteiger partial charge in [0.25, 0.3) is 5.91 Å². The molecule has 3 rings (SSSR count). The Kier molecular flexibility index (Phi) is 8.47. The molecule has 2 amide bonds. The number of carbonyl (C=O) groups excluding carboxylic acids is 2. The van der Waals surface area contributed by atoms with E-state index in [1.807, 2.05) is 23.6 Å². The van der Waals surface area contributed by atoms with Crippen molar-refractivity contribution in [2.24, 2.45) is 0 Å². The fraction of sp³-hybridized carbons (Fsp3) is 0.526. The van der Waals surface area contributed by atoms with Crippen LogP contribution in [0.25, 0.3) is 6.08 Å². The quantitative estimate of drug-likeness (QED) is 0.363. The number of rotatable bonds is 9. The monoisotopic (exact) mass is 439 g/mol. The molecule has 152 valence electrons. The molecule has 6 nitrogen and oxygen atoms in total. The van der Waals surface area contributed by atoms with Crippen molar-refractivity contribution >= 4 is 57.5 Å². The predicted octanol–water partition coefficient (Wildman–Crippen LogP) is 2.57. The second-order valence-corrected chi connectivity index (χ2v) is 9.26. The van der Waals surface area contributed by atoms with Crippen molar-refractivity contribution in [3.05, 3.63) is 27.3 Å². The lowest BCUT2D eigenvalue weighted by Crippen LogP contribution is -2.38. The molecule has 0 radical (unpaired) electrons. The highest BCUT2D eigenvalue weighted by molar-refractivity contribution is 8.26. The Morgan fingerprint density at radius 3 is 2.86 bits per heavy atom. The normalized spacial score (nSPS) is 19.6. The summed E-state index contributed by atoms with van der Waals surface area (Å²) in [6.07, 6.45) is 3.83. The molecule has 1 aromatic rings. The number of thiocarbonyl (C=S) groups is 1. The number of thioether (sulfide) groups is 1. The van der Waals surface area contributed by atoms with E-state index in [2.05, 4.69) is 10.2 Å². The lowest BCUT2D eigenvalue weighted by atomic mass is 10.2. The van der Waals surface area contributed by atoms with E-state index in [0.717, 1.165) is 44.1 Å². The van der Waals surface area contributed by atoms with Gasteiger partial charge in [0.2, 0.25) is 5.91 Å². The number of thiophene rings is 1. The maximum absolute atomic E-state index is 12.5. The van der Waals surface area contributed by atoms with Crippen LogP contribution < -0.4 is 5.32 Å². The van der Waals surface area contributed by atoms with Gasteiger partial charge in [0, 0.05) is 37.5 Å². The summed E-state index contributed by atoms with van der Waals surface area (Å²) < 4.78 is 5.89. The standard InChI is InChI=1S/C19H25N3O3S3/c23-17(20-6-3-7-21-9-11-25-12-10-21)5-1-8-22-18(24)16(28-19(22)26)14-15-4-2-13-27-15/h2,4,13-14H,1,3,5-12H2,(H,20,23)/b16-14+. The summed E-state index contributed by atoms with van der Waals surface area (Å²) in [6, 6.07) is 3.93. The maximum atomic E-state index is 12.5. The first-order chi connectivity index (χ1) is 13.6. The second-order valence-electron chi connectivity index (χ2n) is 6.61. The average molecular weight is 440 g/mol. The largest absolute Gasteiger partial charge is 0.379 e. The Hall–Kier alpha value is -1.26. The van der Waals surface area contributed by atoms with Crippen molar-refractivity contribution < 1.29 is 14.3 Å². The fourth-order valence-corrected chi connectivity index (χ4v) is 5.07. The van der Waals surface area contributed by atoms with Crippen LogP contribution in [0.5, 0.6) is 0 Å². The Bertz CT molecular complexity index is 715. The molecule has 1 N–H and O–H groups in total. The van der Waals surface area contributed by atoms with Gasteiger partial charge in [-0.3, -0.25) is 19.4 Å². The lowest BCUT2D eigenvalue weighted by Gasteiger charge is -2.26. The van der Waals surface area contributed by atoms with E-state index in [1.54, 1.807) is 16.2 Å². The molecule has 9 heteroatoms. The van der Waals surface area contributed by atoms with Gasteiger partial charge in [-0.25, -0.2) is 0 Å². The molecule has 0 aliphatic carbocycles. The number of hydrogen-bond acceptors (Lipinski definition) is 7. The summed E-state index contributed by atoms with van der Waals surface area (Å²) >= 11 is 8.25. The first kappa shape index (κ1) is 21.4. The molecule has 0 bridgehead atoms. The van der Waals surface area contributed by atoms with E-state index in [9.17, 15) is 9.59 Å². The van der Waals surface area contributed by atoms with Crippen LogP contribution in [0.4, 0.5) is 0 Å². The highest BCUT2D eigenvalue weighted by Gasteiger charge is 2.31. The van der Waals surface area contributed by atoms with Crippen molar-refractivity contribution in [2.75, 3.05) is 45.9 Å².